The maximum absolute atomic E-state index is 12.9. The van der Waals surface area contributed by atoms with E-state index < -0.39 is 26.5 Å². The standard InChI is InChI=1S/C80H136NO8P/c1-6-8-10-12-14-16-18-20-22-24-26-28-30-32-34-36-38-39-40-41-43-45-47-49-51-53-55-57-59-61-63-65-67-69-71-73-80(83)89-78(77-88-90(84,85)87-75-74-81(3,4)5)76-86-79(82)72-70-68-66-64-62-60-58-56-54-52-50-48-46-44-42-37-35-33-31-29-27-25-23-21-19-17-15-13-11-9-7-2/h8-11,14-17,20-23,26-29,32-35,38-39,41,43,78H,6-7,12-13,18-19,24-25,30-31,36-37,40,42,44-77H2,1-5H3/p+1/b10-8-,11-9-,16-14-,17-15-,22-20-,23-21-,28-26-,29-27-,34-32-,35-33-,39-38-,43-41-. The number of phosphoric ester groups is 1. The minimum Gasteiger partial charge on any atom is -0.462 e. The number of esters is 2. The van der Waals surface area contributed by atoms with Crippen molar-refractivity contribution in [1.29, 1.82) is 0 Å². The number of nitrogens with zero attached hydrogens (tertiary/aromatic N) is 1. The van der Waals surface area contributed by atoms with Crippen LogP contribution in [0.3, 0.4) is 0 Å². The quantitative estimate of drug-likeness (QED) is 0.0211. The first-order valence-electron chi connectivity index (χ1n) is 36.6. The number of phosphoric acid groups is 1. The van der Waals surface area contributed by atoms with Crippen LogP contribution in [0.4, 0.5) is 0 Å². The van der Waals surface area contributed by atoms with Gasteiger partial charge in [0.25, 0.3) is 0 Å². The van der Waals surface area contributed by atoms with Crippen molar-refractivity contribution in [1.82, 2.24) is 0 Å². The Morgan fingerprint density at radius 2 is 0.600 bits per heavy atom. The Hall–Kier alpha value is -4.11. The molecule has 0 aromatic carbocycles. The van der Waals surface area contributed by atoms with Crippen LogP contribution in [0.2, 0.25) is 0 Å². The van der Waals surface area contributed by atoms with Crippen molar-refractivity contribution in [3.8, 4) is 0 Å². The molecule has 2 atom stereocenters. The molecule has 90 heavy (non-hydrogen) atoms. The van der Waals surface area contributed by atoms with Gasteiger partial charge >= 0.3 is 19.8 Å². The molecule has 0 saturated heterocycles. The molecule has 0 aromatic rings. The minimum atomic E-state index is -4.40. The summed E-state index contributed by atoms with van der Waals surface area (Å²) in [6, 6.07) is 0. The fourth-order valence-electron chi connectivity index (χ4n) is 9.85. The Labute approximate surface area is 554 Å². The Kier molecular flexibility index (Phi) is 66.1. The van der Waals surface area contributed by atoms with Crippen LogP contribution in [-0.4, -0.2) is 74.9 Å². The maximum atomic E-state index is 12.9. The van der Waals surface area contributed by atoms with E-state index in [2.05, 4.69) is 160 Å². The summed E-state index contributed by atoms with van der Waals surface area (Å²) in [7, 11) is 1.47. The fraction of sp³-hybridized carbons (Fsp3) is 0.675. The number of rotatable bonds is 66. The predicted octanol–water partition coefficient (Wildman–Crippen LogP) is 24.2. The van der Waals surface area contributed by atoms with Gasteiger partial charge in [0.1, 0.15) is 19.8 Å². The molecule has 0 amide bonds. The normalized spacial score (nSPS) is 14.0. The second kappa shape index (κ2) is 69.2. The van der Waals surface area contributed by atoms with Gasteiger partial charge in [-0.2, -0.15) is 0 Å². The number of hydrogen-bond donors (Lipinski definition) is 1. The van der Waals surface area contributed by atoms with E-state index in [0.717, 1.165) is 116 Å². The lowest BCUT2D eigenvalue weighted by atomic mass is 10.0. The highest BCUT2D eigenvalue weighted by atomic mass is 31.2. The number of allylic oxidation sites excluding steroid dienone is 24. The molecule has 0 bridgehead atoms. The van der Waals surface area contributed by atoms with Crippen LogP contribution in [0, 0.1) is 0 Å². The second-order valence-corrected chi connectivity index (χ2v) is 26.7. The third-order valence-electron chi connectivity index (χ3n) is 15.4. The van der Waals surface area contributed by atoms with Gasteiger partial charge in [-0.05, 0) is 116 Å². The van der Waals surface area contributed by atoms with E-state index in [4.69, 9.17) is 18.5 Å². The third-order valence-corrected chi connectivity index (χ3v) is 16.3. The van der Waals surface area contributed by atoms with Crippen LogP contribution < -0.4 is 0 Å². The maximum Gasteiger partial charge on any atom is 0.472 e. The van der Waals surface area contributed by atoms with Crippen molar-refractivity contribution in [3.63, 3.8) is 0 Å². The predicted molar refractivity (Wildman–Crippen MR) is 390 cm³/mol. The van der Waals surface area contributed by atoms with Crippen molar-refractivity contribution in [3.05, 3.63) is 146 Å². The van der Waals surface area contributed by atoms with Crippen LogP contribution >= 0.6 is 7.82 Å². The van der Waals surface area contributed by atoms with E-state index in [-0.39, 0.29) is 32.0 Å². The Bertz CT molecular complexity index is 2030. The average molecular weight is 1270 g/mol. The van der Waals surface area contributed by atoms with Gasteiger partial charge in [-0.25, -0.2) is 4.57 Å². The molecule has 0 radical (unpaired) electrons. The fourth-order valence-corrected chi connectivity index (χ4v) is 10.6. The molecule has 10 heteroatoms. The molecule has 0 spiro atoms. The van der Waals surface area contributed by atoms with Gasteiger partial charge in [0.05, 0.1) is 27.7 Å². The highest BCUT2D eigenvalue weighted by Gasteiger charge is 2.27. The molecule has 0 aliphatic carbocycles. The van der Waals surface area contributed by atoms with Crippen molar-refractivity contribution in [2.75, 3.05) is 47.5 Å². The number of carbonyl (C=O) groups is 2. The SMILES string of the molecule is CC/C=C\C/C=C\C/C=C\C/C=C\C/C=C\C/C=C\C/C=C\CCCCCCCCCCCCCCCC(=O)OC(COC(=O)CCCCCCCCCCCCCCCCC/C=C\C/C=C\C/C=C\C/C=C\C/C=C\CC)COP(=O)(O)OCC[N+](C)(C)C. The van der Waals surface area contributed by atoms with Crippen molar-refractivity contribution >= 4 is 19.8 Å². The van der Waals surface area contributed by atoms with Gasteiger partial charge in [0.15, 0.2) is 6.10 Å². The molecule has 0 saturated carbocycles. The molecule has 1 N–H and O–H groups in total. The molecule has 0 aromatic heterocycles. The van der Waals surface area contributed by atoms with Crippen LogP contribution in [0.5, 0.6) is 0 Å². The Morgan fingerprint density at radius 3 is 0.889 bits per heavy atom. The summed E-state index contributed by atoms with van der Waals surface area (Å²) in [4.78, 5) is 35.9. The lowest BCUT2D eigenvalue weighted by Gasteiger charge is -2.24. The number of likely N-dealkylation sites (N-methyl/N-ethyl adjacent to an activating group) is 1. The zero-order chi connectivity index (χ0) is 65.5. The summed E-state index contributed by atoms with van der Waals surface area (Å²) in [6.45, 7) is 4.22. The molecular formula is C80H137NO8P+. The van der Waals surface area contributed by atoms with E-state index in [1.807, 2.05) is 21.1 Å². The number of carbonyl (C=O) groups excluding carboxylic acids is 2. The summed E-state index contributed by atoms with van der Waals surface area (Å²) < 4.78 is 34.8. The van der Waals surface area contributed by atoms with Crippen LogP contribution in [0.1, 0.15) is 296 Å². The van der Waals surface area contributed by atoms with E-state index in [0.29, 0.717) is 17.4 Å². The van der Waals surface area contributed by atoms with Crippen molar-refractivity contribution in [2.45, 2.75) is 302 Å². The first-order valence-corrected chi connectivity index (χ1v) is 38.1. The molecular weight excluding hydrogens is 1130 g/mol. The second-order valence-electron chi connectivity index (χ2n) is 25.2. The number of hydrogen-bond acceptors (Lipinski definition) is 7. The van der Waals surface area contributed by atoms with E-state index in [1.165, 1.54) is 148 Å². The van der Waals surface area contributed by atoms with Crippen molar-refractivity contribution < 1.29 is 42.1 Å². The van der Waals surface area contributed by atoms with Crippen LogP contribution in [-0.2, 0) is 32.7 Å². The van der Waals surface area contributed by atoms with Gasteiger partial charge in [-0.1, -0.05) is 314 Å². The molecule has 0 fully saturated rings. The number of unbranched alkanes of at least 4 members (excludes halogenated alkanes) is 28. The number of ether oxygens (including phenoxy) is 2. The summed E-state index contributed by atoms with van der Waals surface area (Å²) in [5.74, 6) is -0.798. The number of quaternary nitrogens is 1. The minimum absolute atomic E-state index is 0.0263. The topological polar surface area (TPSA) is 108 Å². The monoisotopic (exact) mass is 1270 g/mol. The van der Waals surface area contributed by atoms with Gasteiger partial charge in [-0.15, -0.1) is 0 Å². The molecule has 0 rings (SSSR count). The first-order chi connectivity index (χ1) is 44.0. The van der Waals surface area contributed by atoms with E-state index in [1.54, 1.807) is 0 Å². The summed E-state index contributed by atoms with van der Waals surface area (Å²) >= 11 is 0. The van der Waals surface area contributed by atoms with Gasteiger partial charge in [0, 0.05) is 12.8 Å². The van der Waals surface area contributed by atoms with Gasteiger partial charge in [-0.3, -0.25) is 18.6 Å². The summed E-state index contributed by atoms with van der Waals surface area (Å²) in [6.07, 6.45) is 102. The molecule has 9 nitrogen and oxygen atoms in total. The molecule has 0 heterocycles. The average Bonchev–Trinajstić information content (AvgIpc) is 3.61. The smallest absolute Gasteiger partial charge is 0.462 e. The Morgan fingerprint density at radius 1 is 0.344 bits per heavy atom. The molecule has 2 unspecified atom stereocenters. The lowest BCUT2D eigenvalue weighted by molar-refractivity contribution is -0.870. The van der Waals surface area contributed by atoms with Gasteiger partial charge in [0.2, 0.25) is 0 Å². The lowest BCUT2D eigenvalue weighted by Crippen LogP contribution is -2.37. The van der Waals surface area contributed by atoms with Crippen molar-refractivity contribution in [2.24, 2.45) is 0 Å². The zero-order valence-corrected chi connectivity index (χ0v) is 59.5. The van der Waals surface area contributed by atoms with Crippen LogP contribution in [0.25, 0.3) is 0 Å². The van der Waals surface area contributed by atoms with Crippen LogP contribution in [0.15, 0.2) is 146 Å². The van der Waals surface area contributed by atoms with E-state index >= 15 is 0 Å². The van der Waals surface area contributed by atoms with Gasteiger partial charge < -0.3 is 18.9 Å². The first kappa shape index (κ1) is 85.9. The summed E-state index contributed by atoms with van der Waals surface area (Å²) in [5, 5.41) is 0. The zero-order valence-electron chi connectivity index (χ0n) is 58.6. The molecule has 0 aliphatic heterocycles. The Balaban J connectivity index is 4.05. The third kappa shape index (κ3) is 72.9. The summed E-state index contributed by atoms with van der Waals surface area (Å²) in [5.41, 5.74) is 0. The highest BCUT2D eigenvalue weighted by molar-refractivity contribution is 7.47. The molecule has 0 aliphatic rings. The van der Waals surface area contributed by atoms with E-state index in [9.17, 15) is 19.0 Å². The highest BCUT2D eigenvalue weighted by Crippen LogP contribution is 2.43. The molecule has 514 valence electrons. The largest absolute Gasteiger partial charge is 0.472 e.